The van der Waals surface area contributed by atoms with E-state index in [1.807, 2.05) is 14.1 Å². The highest BCUT2D eigenvalue weighted by molar-refractivity contribution is 6.00. The normalized spacial score (nSPS) is 14.3. The average molecular weight is 210 g/mol. The third-order valence-electron chi connectivity index (χ3n) is 2.15. The lowest BCUT2D eigenvalue weighted by Crippen LogP contribution is -2.17. The number of hydrogen-bond acceptors (Lipinski definition) is 3. The van der Waals surface area contributed by atoms with Crippen molar-refractivity contribution < 1.29 is 5.11 Å². The van der Waals surface area contributed by atoms with Crippen LogP contribution >= 0.6 is 0 Å². The van der Waals surface area contributed by atoms with Crippen LogP contribution in [0.3, 0.4) is 0 Å². The van der Waals surface area contributed by atoms with E-state index in [1.54, 1.807) is 0 Å². The van der Waals surface area contributed by atoms with Gasteiger partial charge in [0, 0.05) is 25.8 Å². The van der Waals surface area contributed by atoms with Crippen molar-refractivity contribution in [3.05, 3.63) is 23.8 Å². The first-order valence-corrected chi connectivity index (χ1v) is 5.24. The van der Waals surface area contributed by atoms with E-state index in [0.717, 1.165) is 44.2 Å². The third-order valence-corrected chi connectivity index (χ3v) is 2.15. The first-order valence-electron chi connectivity index (χ1n) is 5.24. The van der Waals surface area contributed by atoms with Crippen molar-refractivity contribution in [1.29, 1.82) is 5.41 Å². The van der Waals surface area contributed by atoms with E-state index in [0.29, 0.717) is 0 Å². The summed E-state index contributed by atoms with van der Waals surface area (Å²) in [5, 5.41) is 14.8. The molecule has 0 bridgehead atoms. The van der Waals surface area contributed by atoms with Crippen LogP contribution in [0.4, 0.5) is 0 Å². The average Bonchev–Trinajstić information content (AvgIpc) is 2.30. The number of aliphatic hydroxyl groups is 1. The molecule has 0 spiro atoms. The number of nitrogens with one attached hydrogen (secondary N) is 1. The molecule has 0 fully saturated rings. The van der Waals surface area contributed by atoms with Gasteiger partial charge in [0.2, 0.25) is 0 Å². The summed E-state index contributed by atoms with van der Waals surface area (Å²) < 4.78 is 0. The molecule has 1 aliphatic rings. The standard InChI is InChI=1S/C11H18N2.CH4O/c1-13(2)9-8-11(12)10-6-4-3-5-7-10;1-2/h4,6-7,12H,3,5,8-9H2,1-2H3;2H,1H3. The van der Waals surface area contributed by atoms with E-state index in [2.05, 4.69) is 23.1 Å². The van der Waals surface area contributed by atoms with E-state index < -0.39 is 0 Å². The quantitative estimate of drug-likeness (QED) is 0.696. The topological polar surface area (TPSA) is 47.3 Å². The Morgan fingerprint density at radius 3 is 2.53 bits per heavy atom. The molecule has 3 heteroatoms. The Kier molecular flexibility index (Phi) is 7.86. The van der Waals surface area contributed by atoms with E-state index in [1.165, 1.54) is 0 Å². The first-order chi connectivity index (χ1) is 7.20. The summed E-state index contributed by atoms with van der Waals surface area (Å²) in [5.74, 6) is 0. The number of aliphatic hydroxyl groups excluding tert-OH is 1. The molecule has 0 aliphatic heterocycles. The molecule has 0 saturated heterocycles. The Bertz CT molecular complexity index is 242. The summed E-state index contributed by atoms with van der Waals surface area (Å²) >= 11 is 0. The largest absolute Gasteiger partial charge is 0.400 e. The predicted octanol–water partition coefficient (Wildman–Crippen LogP) is 1.84. The number of nitrogens with zero attached hydrogens (tertiary/aromatic N) is 1. The lowest BCUT2D eigenvalue weighted by Gasteiger charge is -2.12. The minimum absolute atomic E-state index is 0.768. The Morgan fingerprint density at radius 2 is 2.07 bits per heavy atom. The van der Waals surface area contributed by atoms with Gasteiger partial charge >= 0.3 is 0 Å². The monoisotopic (exact) mass is 210 g/mol. The second kappa shape index (κ2) is 8.38. The summed E-state index contributed by atoms with van der Waals surface area (Å²) in [6.07, 6.45) is 9.46. The van der Waals surface area contributed by atoms with Gasteiger partial charge in [0.05, 0.1) is 0 Å². The van der Waals surface area contributed by atoms with E-state index in [9.17, 15) is 0 Å². The van der Waals surface area contributed by atoms with E-state index in [-0.39, 0.29) is 0 Å². The van der Waals surface area contributed by atoms with Crippen LogP contribution in [0.2, 0.25) is 0 Å². The molecular formula is C12H22N2O. The minimum Gasteiger partial charge on any atom is -0.400 e. The van der Waals surface area contributed by atoms with Gasteiger partial charge in [0.25, 0.3) is 0 Å². The van der Waals surface area contributed by atoms with Gasteiger partial charge in [0.15, 0.2) is 0 Å². The summed E-state index contributed by atoms with van der Waals surface area (Å²) in [6, 6.07) is 0. The SMILES string of the molecule is CN(C)CCC(=N)C1=CCCC=C1.CO. The van der Waals surface area contributed by atoms with Crippen LogP contribution in [0.5, 0.6) is 0 Å². The third kappa shape index (κ3) is 6.20. The summed E-state index contributed by atoms with van der Waals surface area (Å²) in [6.45, 7) is 0.962. The number of allylic oxidation sites excluding steroid dienone is 4. The fraction of sp³-hybridized carbons (Fsp3) is 0.583. The zero-order chi connectivity index (χ0) is 11.7. The molecule has 3 nitrogen and oxygen atoms in total. The Balaban J connectivity index is 0.000000921. The molecule has 0 aromatic carbocycles. The van der Waals surface area contributed by atoms with Gasteiger partial charge in [-0.3, -0.25) is 0 Å². The zero-order valence-corrected chi connectivity index (χ0v) is 9.95. The molecule has 0 unspecified atom stereocenters. The van der Waals surface area contributed by atoms with Crippen LogP contribution in [-0.2, 0) is 0 Å². The number of hydrogen-bond donors (Lipinski definition) is 2. The molecule has 1 rings (SSSR count). The highest BCUT2D eigenvalue weighted by atomic mass is 16.2. The molecule has 86 valence electrons. The summed E-state index contributed by atoms with van der Waals surface area (Å²) in [5.41, 5.74) is 1.89. The smallest absolute Gasteiger partial charge is 0.0395 e. The van der Waals surface area contributed by atoms with Gasteiger partial charge < -0.3 is 15.4 Å². The van der Waals surface area contributed by atoms with Crippen molar-refractivity contribution in [2.75, 3.05) is 27.7 Å². The molecule has 0 aromatic heterocycles. The van der Waals surface area contributed by atoms with Gasteiger partial charge in [-0.05, 0) is 32.5 Å². The molecule has 0 atom stereocenters. The van der Waals surface area contributed by atoms with Crippen LogP contribution in [0.1, 0.15) is 19.3 Å². The van der Waals surface area contributed by atoms with Gasteiger partial charge in [-0.2, -0.15) is 0 Å². The van der Waals surface area contributed by atoms with Gasteiger partial charge in [-0.15, -0.1) is 0 Å². The highest BCUT2D eigenvalue weighted by Gasteiger charge is 2.04. The van der Waals surface area contributed by atoms with Crippen molar-refractivity contribution >= 4 is 5.71 Å². The van der Waals surface area contributed by atoms with Gasteiger partial charge in [-0.1, -0.05) is 18.2 Å². The lowest BCUT2D eigenvalue weighted by molar-refractivity contribution is 0.399. The molecule has 1 aliphatic carbocycles. The maximum Gasteiger partial charge on any atom is 0.0395 e. The van der Waals surface area contributed by atoms with Crippen molar-refractivity contribution in [2.45, 2.75) is 19.3 Å². The van der Waals surface area contributed by atoms with Crippen LogP contribution in [0.15, 0.2) is 23.8 Å². The van der Waals surface area contributed by atoms with Gasteiger partial charge in [0.1, 0.15) is 0 Å². The molecule has 0 amide bonds. The number of rotatable bonds is 4. The Hall–Kier alpha value is -0.930. The molecule has 0 heterocycles. The van der Waals surface area contributed by atoms with Crippen molar-refractivity contribution in [2.24, 2.45) is 0 Å². The minimum atomic E-state index is 0.768. The van der Waals surface area contributed by atoms with Crippen molar-refractivity contribution in [1.82, 2.24) is 4.90 Å². The summed E-state index contributed by atoms with van der Waals surface area (Å²) in [4.78, 5) is 2.11. The molecule has 2 N–H and O–H groups in total. The Morgan fingerprint density at radius 1 is 1.40 bits per heavy atom. The highest BCUT2D eigenvalue weighted by Crippen LogP contribution is 2.12. The maximum absolute atomic E-state index is 7.83. The van der Waals surface area contributed by atoms with Crippen LogP contribution in [0, 0.1) is 5.41 Å². The molecule has 15 heavy (non-hydrogen) atoms. The van der Waals surface area contributed by atoms with Gasteiger partial charge in [-0.25, -0.2) is 0 Å². The molecule has 0 radical (unpaired) electrons. The molecule has 0 saturated carbocycles. The Labute approximate surface area is 92.6 Å². The second-order valence-corrected chi connectivity index (χ2v) is 3.67. The van der Waals surface area contributed by atoms with Crippen molar-refractivity contribution in [3.63, 3.8) is 0 Å². The van der Waals surface area contributed by atoms with Crippen LogP contribution < -0.4 is 0 Å². The lowest BCUT2D eigenvalue weighted by atomic mass is 10.0. The first kappa shape index (κ1) is 14.1. The van der Waals surface area contributed by atoms with E-state index >= 15 is 0 Å². The van der Waals surface area contributed by atoms with Crippen molar-refractivity contribution in [3.8, 4) is 0 Å². The summed E-state index contributed by atoms with van der Waals surface area (Å²) in [7, 11) is 5.08. The zero-order valence-electron chi connectivity index (χ0n) is 9.95. The predicted molar refractivity (Wildman–Crippen MR) is 65.5 cm³/mol. The van der Waals surface area contributed by atoms with Crippen LogP contribution in [0.25, 0.3) is 0 Å². The second-order valence-electron chi connectivity index (χ2n) is 3.67. The molecular weight excluding hydrogens is 188 g/mol. The maximum atomic E-state index is 7.83. The van der Waals surface area contributed by atoms with Crippen LogP contribution in [-0.4, -0.2) is 43.5 Å². The fourth-order valence-electron chi connectivity index (χ4n) is 1.32. The van der Waals surface area contributed by atoms with E-state index in [4.69, 9.17) is 10.5 Å². The fourth-order valence-corrected chi connectivity index (χ4v) is 1.32. The molecule has 0 aromatic rings.